The van der Waals surface area contributed by atoms with Gasteiger partial charge in [-0.25, -0.2) is 12.8 Å². The van der Waals surface area contributed by atoms with E-state index in [1.807, 2.05) is 0 Å². The molecule has 1 aromatic rings. The Morgan fingerprint density at radius 2 is 2.10 bits per heavy atom. The lowest BCUT2D eigenvalue weighted by atomic mass is 9.89. The van der Waals surface area contributed by atoms with Gasteiger partial charge in [0.2, 0.25) is 15.9 Å². The normalized spacial score (nSPS) is 23.9. The van der Waals surface area contributed by atoms with E-state index in [-0.39, 0.29) is 18.8 Å². The summed E-state index contributed by atoms with van der Waals surface area (Å²) in [5, 5.41) is 0. The van der Waals surface area contributed by atoms with Crippen molar-refractivity contribution < 1.29 is 17.6 Å². The molecule has 1 unspecified atom stereocenters. The van der Waals surface area contributed by atoms with Gasteiger partial charge in [0, 0.05) is 13.1 Å². The molecule has 110 valence electrons. The fourth-order valence-electron chi connectivity index (χ4n) is 2.25. The van der Waals surface area contributed by atoms with Crippen molar-refractivity contribution in [3.05, 3.63) is 24.0 Å². The molecule has 0 bridgehead atoms. The molecule has 1 amide bonds. The summed E-state index contributed by atoms with van der Waals surface area (Å²) >= 11 is 0. The van der Waals surface area contributed by atoms with E-state index in [9.17, 15) is 17.6 Å². The number of hydrogen-bond donors (Lipinski definition) is 2. The largest absolute Gasteiger partial charge is 0.398 e. The van der Waals surface area contributed by atoms with Crippen molar-refractivity contribution in [3.63, 3.8) is 0 Å². The van der Waals surface area contributed by atoms with Crippen LogP contribution in [0.15, 0.2) is 23.1 Å². The maximum absolute atomic E-state index is 13.8. The Morgan fingerprint density at radius 1 is 1.45 bits per heavy atom. The molecule has 4 N–H and O–H groups in total. The third-order valence-corrected chi connectivity index (χ3v) is 5.57. The molecule has 1 aliphatic heterocycles. The monoisotopic (exact) mass is 301 g/mol. The van der Waals surface area contributed by atoms with Crippen LogP contribution in [0.25, 0.3) is 0 Å². The van der Waals surface area contributed by atoms with Gasteiger partial charge in [-0.15, -0.1) is 0 Å². The Balaban J connectivity index is 2.41. The lowest BCUT2D eigenvalue weighted by Gasteiger charge is -2.21. The van der Waals surface area contributed by atoms with Crippen LogP contribution in [-0.4, -0.2) is 31.7 Å². The zero-order valence-electron chi connectivity index (χ0n) is 11.0. The Hall–Kier alpha value is -1.67. The molecule has 1 fully saturated rings. The molecule has 6 nitrogen and oxygen atoms in total. The Morgan fingerprint density at radius 3 is 2.60 bits per heavy atom. The number of carbonyl (C=O) groups is 1. The third-order valence-electron chi connectivity index (χ3n) is 3.63. The van der Waals surface area contributed by atoms with Gasteiger partial charge in [0.05, 0.1) is 11.1 Å². The zero-order chi connectivity index (χ0) is 15.1. The molecule has 0 aromatic heterocycles. The van der Waals surface area contributed by atoms with Crippen molar-refractivity contribution in [2.45, 2.75) is 18.2 Å². The number of nitrogens with two attached hydrogens (primary N) is 2. The predicted molar refractivity (Wildman–Crippen MR) is 71.5 cm³/mol. The van der Waals surface area contributed by atoms with Gasteiger partial charge in [0.1, 0.15) is 10.7 Å². The van der Waals surface area contributed by atoms with Gasteiger partial charge < -0.3 is 11.5 Å². The second kappa shape index (κ2) is 4.71. The van der Waals surface area contributed by atoms with Gasteiger partial charge in [-0.3, -0.25) is 4.79 Å². The topological polar surface area (TPSA) is 106 Å². The van der Waals surface area contributed by atoms with Crippen LogP contribution in [0.2, 0.25) is 0 Å². The molecule has 20 heavy (non-hydrogen) atoms. The van der Waals surface area contributed by atoms with Crippen LogP contribution in [-0.2, 0) is 14.8 Å². The summed E-state index contributed by atoms with van der Waals surface area (Å²) in [7, 11) is -4.08. The molecule has 1 aromatic carbocycles. The van der Waals surface area contributed by atoms with Crippen LogP contribution in [0.3, 0.4) is 0 Å². The Bertz CT molecular complexity index is 642. The summed E-state index contributed by atoms with van der Waals surface area (Å²) < 4.78 is 39.7. The van der Waals surface area contributed by atoms with Gasteiger partial charge >= 0.3 is 0 Å². The number of nitrogens with zero attached hydrogens (tertiary/aromatic N) is 1. The van der Waals surface area contributed by atoms with E-state index >= 15 is 0 Å². The molecule has 8 heteroatoms. The molecule has 1 atom stereocenters. The van der Waals surface area contributed by atoms with E-state index in [0.29, 0.717) is 6.42 Å². The number of rotatable bonds is 3. The summed E-state index contributed by atoms with van der Waals surface area (Å²) in [4.78, 5) is 10.8. The number of sulfonamides is 1. The first-order valence-electron chi connectivity index (χ1n) is 6.02. The number of amides is 1. The molecular weight excluding hydrogens is 285 g/mol. The number of halogens is 1. The van der Waals surface area contributed by atoms with E-state index in [1.165, 1.54) is 12.1 Å². The van der Waals surface area contributed by atoms with Crippen molar-refractivity contribution >= 4 is 21.6 Å². The van der Waals surface area contributed by atoms with Gasteiger partial charge in [0.25, 0.3) is 0 Å². The third kappa shape index (κ3) is 2.25. The highest BCUT2D eigenvalue weighted by molar-refractivity contribution is 7.89. The van der Waals surface area contributed by atoms with Crippen LogP contribution in [0.4, 0.5) is 10.1 Å². The fraction of sp³-hybridized carbons (Fsp3) is 0.417. The Labute approximate surface area is 116 Å². The highest BCUT2D eigenvalue weighted by Crippen LogP contribution is 2.35. The molecule has 1 saturated heterocycles. The number of primary amides is 1. The first-order chi connectivity index (χ1) is 9.18. The first-order valence-corrected chi connectivity index (χ1v) is 7.46. The molecule has 1 heterocycles. The maximum Gasteiger partial charge on any atom is 0.248 e. The minimum Gasteiger partial charge on any atom is -0.398 e. The SMILES string of the molecule is CC1(C(N)=O)CCN(S(=O)(=O)c2c(N)cccc2F)C1. The predicted octanol–water partition coefficient (Wildman–Crippen LogP) is 0.294. The van der Waals surface area contributed by atoms with Crippen LogP contribution >= 0.6 is 0 Å². The summed E-state index contributed by atoms with van der Waals surface area (Å²) in [6, 6.07) is 3.69. The van der Waals surface area contributed by atoms with Crippen molar-refractivity contribution in [1.82, 2.24) is 4.31 Å². The minimum atomic E-state index is -4.08. The maximum atomic E-state index is 13.8. The quantitative estimate of drug-likeness (QED) is 0.783. The highest BCUT2D eigenvalue weighted by atomic mass is 32.2. The van der Waals surface area contributed by atoms with Crippen LogP contribution in [0, 0.1) is 11.2 Å². The Kier molecular flexibility index (Phi) is 3.47. The standard InChI is InChI=1S/C12H16FN3O3S/c1-12(11(15)17)5-6-16(7-12)20(18,19)10-8(13)3-2-4-9(10)14/h2-4H,5-7,14H2,1H3,(H2,15,17). The van der Waals surface area contributed by atoms with E-state index in [2.05, 4.69) is 0 Å². The summed E-state index contributed by atoms with van der Waals surface area (Å²) in [5.74, 6) is -1.48. The smallest absolute Gasteiger partial charge is 0.248 e. The molecule has 1 aliphatic rings. The summed E-state index contributed by atoms with van der Waals surface area (Å²) in [6.07, 6.45) is 0.302. The van der Waals surface area contributed by atoms with Gasteiger partial charge in [-0.2, -0.15) is 4.31 Å². The molecule has 0 spiro atoms. The van der Waals surface area contributed by atoms with Crippen molar-refractivity contribution in [1.29, 1.82) is 0 Å². The summed E-state index contributed by atoms with van der Waals surface area (Å²) in [5.41, 5.74) is 9.75. The molecule has 2 rings (SSSR count). The number of benzene rings is 1. The van der Waals surface area contributed by atoms with Crippen molar-refractivity contribution in [3.8, 4) is 0 Å². The average Bonchev–Trinajstić information content (AvgIpc) is 2.73. The van der Waals surface area contributed by atoms with Gasteiger partial charge in [0.15, 0.2) is 0 Å². The van der Waals surface area contributed by atoms with E-state index in [1.54, 1.807) is 6.92 Å². The molecule has 0 saturated carbocycles. The van der Waals surface area contributed by atoms with Gasteiger partial charge in [-0.05, 0) is 25.5 Å². The number of carbonyl (C=O) groups excluding carboxylic acids is 1. The van der Waals surface area contributed by atoms with Crippen molar-refractivity contribution in [2.24, 2.45) is 11.1 Å². The van der Waals surface area contributed by atoms with E-state index in [4.69, 9.17) is 11.5 Å². The average molecular weight is 301 g/mol. The fourth-order valence-corrected chi connectivity index (χ4v) is 3.98. The van der Waals surface area contributed by atoms with Crippen LogP contribution in [0.1, 0.15) is 13.3 Å². The zero-order valence-corrected chi connectivity index (χ0v) is 11.8. The lowest BCUT2D eigenvalue weighted by Crippen LogP contribution is -2.39. The molecule has 0 aliphatic carbocycles. The number of nitrogen functional groups attached to an aromatic ring is 1. The van der Waals surface area contributed by atoms with E-state index < -0.39 is 32.1 Å². The second-order valence-electron chi connectivity index (χ2n) is 5.17. The van der Waals surface area contributed by atoms with Crippen LogP contribution < -0.4 is 11.5 Å². The van der Waals surface area contributed by atoms with E-state index in [0.717, 1.165) is 10.4 Å². The van der Waals surface area contributed by atoms with Gasteiger partial charge in [-0.1, -0.05) is 6.07 Å². The van der Waals surface area contributed by atoms with Crippen LogP contribution in [0.5, 0.6) is 0 Å². The first kappa shape index (κ1) is 14.7. The molecular formula is C12H16FN3O3S. The number of anilines is 1. The summed E-state index contributed by atoms with van der Waals surface area (Å²) in [6.45, 7) is 1.63. The lowest BCUT2D eigenvalue weighted by molar-refractivity contribution is -0.126. The number of hydrogen-bond acceptors (Lipinski definition) is 4. The second-order valence-corrected chi connectivity index (χ2v) is 7.05. The highest BCUT2D eigenvalue weighted by Gasteiger charge is 2.44. The van der Waals surface area contributed by atoms with Crippen molar-refractivity contribution in [2.75, 3.05) is 18.8 Å². The minimum absolute atomic E-state index is 0.0710. The molecule has 0 radical (unpaired) electrons.